The summed E-state index contributed by atoms with van der Waals surface area (Å²) in [4.78, 5) is 11.3. The van der Waals surface area contributed by atoms with Gasteiger partial charge in [0, 0.05) is 0 Å². The van der Waals surface area contributed by atoms with Crippen molar-refractivity contribution in [1.82, 2.24) is 0 Å². The summed E-state index contributed by atoms with van der Waals surface area (Å²) in [6.45, 7) is 1.72. The molecule has 4 aliphatic rings. The van der Waals surface area contributed by atoms with E-state index >= 15 is 0 Å². The molecule has 1 unspecified atom stereocenters. The molecule has 0 aromatic heterocycles. The third-order valence-electron chi connectivity index (χ3n) is 5.38. The molecular weight excluding hydrogens is 202 g/mol. The van der Waals surface area contributed by atoms with Crippen LogP contribution in [-0.4, -0.2) is 16.6 Å². The lowest BCUT2D eigenvalue weighted by Gasteiger charge is -2.57. The van der Waals surface area contributed by atoms with Crippen LogP contribution in [0.1, 0.15) is 39.0 Å². The van der Waals surface area contributed by atoms with Gasteiger partial charge in [0.15, 0.2) is 0 Å². The predicted octanol–water partition coefficient (Wildman–Crippen LogP) is 1.86. The fraction of sp³-hybridized carbons (Fsp3) is 0.923. The van der Waals surface area contributed by atoms with E-state index < -0.39 is 11.5 Å². The highest BCUT2D eigenvalue weighted by molar-refractivity contribution is 5.78. The summed E-state index contributed by atoms with van der Waals surface area (Å²) in [5, 5.41) is 9.30. The summed E-state index contributed by atoms with van der Waals surface area (Å²) in [5.74, 6) is 2.33. The van der Waals surface area contributed by atoms with Gasteiger partial charge in [-0.3, -0.25) is 4.79 Å². The monoisotopic (exact) mass is 223 g/mol. The number of carboxylic acids is 1. The molecule has 4 rings (SSSR count). The molecule has 90 valence electrons. The Morgan fingerprint density at radius 2 is 1.56 bits per heavy atom. The number of hydrogen-bond acceptors (Lipinski definition) is 2. The molecule has 0 amide bonds. The SMILES string of the molecule is CC(N)(C(=O)O)C1C2CC3CC(C2)CC1C3. The maximum Gasteiger partial charge on any atom is 0.323 e. The predicted molar refractivity (Wildman–Crippen MR) is 60.8 cm³/mol. The van der Waals surface area contributed by atoms with Crippen LogP contribution in [0.5, 0.6) is 0 Å². The van der Waals surface area contributed by atoms with Crippen molar-refractivity contribution in [3.05, 3.63) is 0 Å². The number of aliphatic carboxylic acids is 1. The molecule has 16 heavy (non-hydrogen) atoms. The van der Waals surface area contributed by atoms with Gasteiger partial charge in [-0.05, 0) is 68.6 Å². The molecule has 0 spiro atoms. The Kier molecular flexibility index (Phi) is 2.13. The largest absolute Gasteiger partial charge is 0.480 e. The van der Waals surface area contributed by atoms with Crippen molar-refractivity contribution in [3.8, 4) is 0 Å². The lowest BCUT2D eigenvalue weighted by molar-refractivity contribution is -0.153. The fourth-order valence-corrected chi connectivity index (χ4v) is 5.05. The highest BCUT2D eigenvalue weighted by atomic mass is 16.4. The topological polar surface area (TPSA) is 63.3 Å². The quantitative estimate of drug-likeness (QED) is 0.751. The maximum atomic E-state index is 11.3. The van der Waals surface area contributed by atoms with Crippen molar-refractivity contribution in [3.63, 3.8) is 0 Å². The molecule has 0 aromatic rings. The number of hydrogen-bond donors (Lipinski definition) is 2. The molecular formula is C13H21NO2. The Balaban J connectivity index is 1.89. The molecule has 0 saturated heterocycles. The van der Waals surface area contributed by atoms with Gasteiger partial charge in [0.2, 0.25) is 0 Å². The molecule has 3 N–H and O–H groups in total. The fourth-order valence-electron chi connectivity index (χ4n) is 5.05. The molecule has 1 atom stereocenters. The summed E-state index contributed by atoms with van der Waals surface area (Å²) in [6.07, 6.45) is 6.33. The molecule has 4 bridgehead atoms. The molecule has 0 aliphatic heterocycles. The van der Waals surface area contributed by atoms with Gasteiger partial charge < -0.3 is 10.8 Å². The molecule has 4 fully saturated rings. The average molecular weight is 223 g/mol. The zero-order valence-electron chi connectivity index (χ0n) is 9.86. The molecule has 3 heteroatoms. The molecule has 0 radical (unpaired) electrons. The van der Waals surface area contributed by atoms with Crippen molar-refractivity contribution in [2.75, 3.05) is 0 Å². The Morgan fingerprint density at radius 3 is 1.94 bits per heavy atom. The lowest BCUT2D eigenvalue weighted by atomic mass is 9.48. The number of nitrogens with two attached hydrogens (primary N) is 1. The van der Waals surface area contributed by atoms with E-state index in [0.717, 1.165) is 11.8 Å². The van der Waals surface area contributed by atoms with E-state index in [1.165, 1.54) is 32.1 Å². The van der Waals surface area contributed by atoms with Crippen LogP contribution in [0.3, 0.4) is 0 Å². The molecule has 3 nitrogen and oxygen atoms in total. The van der Waals surface area contributed by atoms with Gasteiger partial charge in [0.05, 0.1) is 0 Å². The first-order valence-electron chi connectivity index (χ1n) is 6.50. The Bertz CT molecular complexity index is 296. The number of carboxylic acid groups (broad SMARTS) is 1. The molecule has 4 aliphatic carbocycles. The van der Waals surface area contributed by atoms with Crippen LogP contribution in [0.2, 0.25) is 0 Å². The van der Waals surface area contributed by atoms with Crippen LogP contribution in [-0.2, 0) is 4.79 Å². The van der Waals surface area contributed by atoms with Crippen molar-refractivity contribution < 1.29 is 9.90 Å². The summed E-state index contributed by atoms with van der Waals surface area (Å²) < 4.78 is 0. The van der Waals surface area contributed by atoms with Crippen molar-refractivity contribution in [2.24, 2.45) is 35.3 Å². The van der Waals surface area contributed by atoms with Crippen LogP contribution in [0.25, 0.3) is 0 Å². The van der Waals surface area contributed by atoms with E-state index in [1.54, 1.807) is 6.92 Å². The van der Waals surface area contributed by atoms with Gasteiger partial charge >= 0.3 is 5.97 Å². The van der Waals surface area contributed by atoms with Gasteiger partial charge in [0.25, 0.3) is 0 Å². The van der Waals surface area contributed by atoms with Crippen molar-refractivity contribution in [1.29, 1.82) is 0 Å². The number of rotatable bonds is 2. The van der Waals surface area contributed by atoms with E-state index in [2.05, 4.69) is 0 Å². The second-order valence-electron chi connectivity index (χ2n) is 6.54. The van der Waals surface area contributed by atoms with Crippen LogP contribution in [0.15, 0.2) is 0 Å². The van der Waals surface area contributed by atoms with Crippen LogP contribution >= 0.6 is 0 Å². The van der Waals surface area contributed by atoms with E-state index in [1.807, 2.05) is 0 Å². The smallest absolute Gasteiger partial charge is 0.323 e. The van der Waals surface area contributed by atoms with Gasteiger partial charge in [-0.1, -0.05) is 0 Å². The molecule has 4 saturated carbocycles. The van der Waals surface area contributed by atoms with E-state index in [0.29, 0.717) is 11.8 Å². The van der Waals surface area contributed by atoms with Crippen LogP contribution in [0, 0.1) is 29.6 Å². The first-order valence-corrected chi connectivity index (χ1v) is 6.50. The Hall–Kier alpha value is -0.570. The second kappa shape index (κ2) is 3.22. The summed E-state index contributed by atoms with van der Waals surface area (Å²) in [7, 11) is 0. The first kappa shape index (κ1) is 10.6. The van der Waals surface area contributed by atoms with E-state index in [4.69, 9.17) is 5.73 Å². The van der Waals surface area contributed by atoms with Crippen molar-refractivity contribution in [2.45, 2.75) is 44.6 Å². The minimum atomic E-state index is -1.01. The summed E-state index contributed by atoms with van der Waals surface area (Å²) in [6, 6.07) is 0. The second-order valence-corrected chi connectivity index (χ2v) is 6.54. The Labute approximate surface area is 96.4 Å². The highest BCUT2D eigenvalue weighted by Crippen LogP contribution is 2.58. The van der Waals surface area contributed by atoms with Crippen LogP contribution < -0.4 is 5.73 Å². The third kappa shape index (κ3) is 1.33. The normalized spacial score (nSPS) is 49.0. The minimum absolute atomic E-state index is 0.220. The van der Waals surface area contributed by atoms with Crippen molar-refractivity contribution >= 4 is 5.97 Å². The van der Waals surface area contributed by atoms with E-state index in [-0.39, 0.29) is 5.92 Å². The summed E-state index contributed by atoms with van der Waals surface area (Å²) >= 11 is 0. The third-order valence-corrected chi connectivity index (χ3v) is 5.38. The minimum Gasteiger partial charge on any atom is -0.480 e. The van der Waals surface area contributed by atoms with Gasteiger partial charge in [0.1, 0.15) is 5.54 Å². The maximum absolute atomic E-state index is 11.3. The highest BCUT2D eigenvalue weighted by Gasteiger charge is 2.55. The molecule has 0 heterocycles. The van der Waals surface area contributed by atoms with Gasteiger partial charge in [-0.15, -0.1) is 0 Å². The standard InChI is InChI=1S/C13H21NO2/c1-13(14,12(15)16)11-9-3-7-2-8(5-9)6-10(11)4-7/h7-11H,2-6,14H2,1H3,(H,15,16). The van der Waals surface area contributed by atoms with Crippen LogP contribution in [0.4, 0.5) is 0 Å². The van der Waals surface area contributed by atoms with E-state index in [9.17, 15) is 9.90 Å². The molecule has 0 aromatic carbocycles. The zero-order valence-corrected chi connectivity index (χ0v) is 9.86. The zero-order chi connectivity index (χ0) is 11.5. The van der Waals surface area contributed by atoms with Gasteiger partial charge in [-0.2, -0.15) is 0 Å². The summed E-state index contributed by atoms with van der Waals surface area (Å²) in [5.41, 5.74) is 5.07. The lowest BCUT2D eigenvalue weighted by Crippen LogP contribution is -2.61. The number of carbonyl (C=O) groups is 1. The average Bonchev–Trinajstić information content (AvgIpc) is 2.14. The Morgan fingerprint density at radius 1 is 1.12 bits per heavy atom. The first-order chi connectivity index (χ1) is 7.48. The van der Waals surface area contributed by atoms with Gasteiger partial charge in [-0.25, -0.2) is 0 Å².